The zero-order chi connectivity index (χ0) is 23.3. The lowest BCUT2D eigenvalue weighted by molar-refractivity contribution is -0.139. The predicted octanol–water partition coefficient (Wildman–Crippen LogP) is 3.34. The molecule has 0 saturated carbocycles. The number of aryl methyl sites for hydroxylation is 1. The van der Waals surface area contributed by atoms with Gasteiger partial charge in [-0.15, -0.1) is 0 Å². The molecule has 10 heteroatoms. The van der Waals surface area contributed by atoms with Crippen molar-refractivity contribution in [3.8, 4) is 0 Å². The molecule has 1 unspecified atom stereocenters. The van der Waals surface area contributed by atoms with Gasteiger partial charge < -0.3 is 10.2 Å². The maximum Gasteiger partial charge on any atom is 0.244 e. The van der Waals surface area contributed by atoms with Gasteiger partial charge in [0, 0.05) is 23.1 Å². The summed E-state index contributed by atoms with van der Waals surface area (Å²) >= 11 is 9.45. The summed E-state index contributed by atoms with van der Waals surface area (Å²) in [5, 5.41) is 3.03. The predicted molar refractivity (Wildman–Crippen MR) is 127 cm³/mol. The summed E-state index contributed by atoms with van der Waals surface area (Å²) in [6, 6.07) is 11.2. The van der Waals surface area contributed by atoms with Crippen LogP contribution in [0, 0.1) is 6.92 Å². The number of carbonyl (C=O) groups excluding carboxylic acids is 2. The molecule has 0 aliphatic heterocycles. The first-order chi connectivity index (χ1) is 14.4. The van der Waals surface area contributed by atoms with Gasteiger partial charge in [0.15, 0.2) is 0 Å². The highest BCUT2D eigenvalue weighted by atomic mass is 79.9. The van der Waals surface area contributed by atoms with Gasteiger partial charge in [-0.1, -0.05) is 39.7 Å². The molecule has 0 aromatic heterocycles. The smallest absolute Gasteiger partial charge is 0.244 e. The van der Waals surface area contributed by atoms with E-state index in [2.05, 4.69) is 21.2 Å². The molecule has 0 aliphatic rings. The van der Waals surface area contributed by atoms with Crippen molar-refractivity contribution in [2.24, 2.45) is 0 Å². The van der Waals surface area contributed by atoms with E-state index in [9.17, 15) is 18.0 Å². The Kier molecular flexibility index (Phi) is 8.50. The summed E-state index contributed by atoms with van der Waals surface area (Å²) in [6.07, 6.45) is 1.04. The fraction of sp³-hybridized carbons (Fsp3) is 0.333. The normalized spacial score (nSPS) is 12.2. The highest BCUT2D eigenvalue weighted by molar-refractivity contribution is 9.10. The van der Waals surface area contributed by atoms with E-state index < -0.39 is 28.5 Å². The molecule has 2 aromatic rings. The van der Waals surface area contributed by atoms with Crippen molar-refractivity contribution in [2.45, 2.75) is 26.4 Å². The van der Waals surface area contributed by atoms with Gasteiger partial charge in [-0.3, -0.25) is 13.9 Å². The van der Waals surface area contributed by atoms with Crippen LogP contribution in [0.4, 0.5) is 5.69 Å². The minimum absolute atomic E-state index is 0.102. The van der Waals surface area contributed by atoms with Gasteiger partial charge in [0.2, 0.25) is 21.8 Å². The average Bonchev–Trinajstić information content (AvgIpc) is 2.70. The third-order valence-corrected chi connectivity index (χ3v) is 7.03. The fourth-order valence-corrected chi connectivity index (χ4v) is 4.32. The Labute approximate surface area is 196 Å². The van der Waals surface area contributed by atoms with Crippen LogP contribution in [0.5, 0.6) is 0 Å². The number of nitrogens with zero attached hydrogens (tertiary/aromatic N) is 2. The van der Waals surface area contributed by atoms with E-state index in [1.807, 2.05) is 6.92 Å². The monoisotopic (exact) mass is 529 g/mol. The number of rotatable bonds is 8. The summed E-state index contributed by atoms with van der Waals surface area (Å²) in [4.78, 5) is 26.9. The van der Waals surface area contributed by atoms with E-state index in [-0.39, 0.29) is 12.5 Å². The van der Waals surface area contributed by atoms with Crippen molar-refractivity contribution in [1.82, 2.24) is 10.2 Å². The minimum Gasteiger partial charge on any atom is -0.357 e. The van der Waals surface area contributed by atoms with Crippen molar-refractivity contribution in [2.75, 3.05) is 24.2 Å². The number of carbonyl (C=O) groups is 2. The van der Waals surface area contributed by atoms with Crippen LogP contribution >= 0.6 is 27.5 Å². The number of benzene rings is 2. The largest absolute Gasteiger partial charge is 0.357 e. The van der Waals surface area contributed by atoms with Gasteiger partial charge in [0.1, 0.15) is 12.6 Å². The number of nitrogens with one attached hydrogen (secondary N) is 1. The van der Waals surface area contributed by atoms with Crippen molar-refractivity contribution < 1.29 is 18.0 Å². The van der Waals surface area contributed by atoms with Crippen LogP contribution in [-0.2, 0) is 26.2 Å². The standard InChI is InChI=1S/C21H25BrClN3O4S/c1-14-10-18(8-9-19(14)22)26(31(4,29)30)13-20(27)25(15(2)21(28)24-3)12-16-6-5-7-17(23)11-16/h5-11,15H,12-13H2,1-4H3,(H,24,28). The SMILES string of the molecule is CNC(=O)C(C)N(Cc1cccc(Cl)c1)C(=O)CN(c1ccc(Br)c(C)c1)S(C)(=O)=O. The topological polar surface area (TPSA) is 86.8 Å². The zero-order valence-corrected chi connectivity index (χ0v) is 20.9. The lowest BCUT2D eigenvalue weighted by atomic mass is 10.1. The Balaban J connectivity index is 2.40. The van der Waals surface area contributed by atoms with E-state index >= 15 is 0 Å². The number of hydrogen-bond donors (Lipinski definition) is 1. The summed E-state index contributed by atoms with van der Waals surface area (Å²) in [7, 11) is -2.28. The minimum atomic E-state index is -3.76. The molecule has 2 aromatic carbocycles. The molecule has 1 atom stereocenters. The average molecular weight is 531 g/mol. The van der Waals surface area contributed by atoms with E-state index in [0.29, 0.717) is 10.7 Å². The van der Waals surface area contributed by atoms with Crippen LogP contribution in [0.2, 0.25) is 5.02 Å². The Bertz CT molecular complexity index is 1080. The summed E-state index contributed by atoms with van der Waals surface area (Å²) in [5.74, 6) is -0.872. The highest BCUT2D eigenvalue weighted by Gasteiger charge is 2.29. The number of halogens is 2. The summed E-state index contributed by atoms with van der Waals surface area (Å²) in [6.45, 7) is 3.08. The van der Waals surface area contributed by atoms with Crippen LogP contribution in [0.15, 0.2) is 46.9 Å². The molecule has 2 rings (SSSR count). The number of hydrogen-bond acceptors (Lipinski definition) is 4. The Morgan fingerprint density at radius 2 is 1.87 bits per heavy atom. The first-order valence-corrected chi connectivity index (χ1v) is 12.5. The van der Waals surface area contributed by atoms with Gasteiger partial charge in [0.25, 0.3) is 0 Å². The second-order valence-electron chi connectivity index (χ2n) is 7.14. The molecule has 0 heterocycles. The fourth-order valence-electron chi connectivity index (χ4n) is 3.02. The summed E-state index contributed by atoms with van der Waals surface area (Å²) in [5.41, 5.74) is 1.92. The number of anilines is 1. The summed E-state index contributed by atoms with van der Waals surface area (Å²) < 4.78 is 26.9. The molecule has 0 aliphatic carbocycles. The maximum absolute atomic E-state index is 13.3. The quantitative estimate of drug-likeness (QED) is 0.567. The number of likely N-dealkylation sites (N-methyl/N-ethyl adjacent to an activating group) is 1. The maximum atomic E-state index is 13.3. The lowest BCUT2D eigenvalue weighted by Gasteiger charge is -2.31. The molecule has 0 spiro atoms. The molecule has 1 N–H and O–H groups in total. The molecular formula is C21H25BrClN3O4S. The Morgan fingerprint density at radius 1 is 1.19 bits per heavy atom. The van der Waals surface area contributed by atoms with Gasteiger partial charge in [-0.2, -0.15) is 0 Å². The lowest BCUT2D eigenvalue weighted by Crippen LogP contribution is -2.50. The van der Waals surface area contributed by atoms with Crippen LogP contribution in [0.1, 0.15) is 18.1 Å². The second kappa shape index (κ2) is 10.5. The third kappa shape index (κ3) is 6.69. The highest BCUT2D eigenvalue weighted by Crippen LogP contribution is 2.25. The van der Waals surface area contributed by atoms with Crippen molar-refractivity contribution in [1.29, 1.82) is 0 Å². The molecule has 31 heavy (non-hydrogen) atoms. The number of amides is 2. The Morgan fingerprint density at radius 3 is 2.42 bits per heavy atom. The first kappa shape index (κ1) is 25.2. The zero-order valence-electron chi connectivity index (χ0n) is 17.7. The Hall–Kier alpha value is -2.10. The molecule has 0 radical (unpaired) electrons. The van der Waals surface area contributed by atoms with E-state index in [1.54, 1.807) is 49.4 Å². The molecular weight excluding hydrogens is 506 g/mol. The second-order valence-corrected chi connectivity index (χ2v) is 10.3. The van der Waals surface area contributed by atoms with Gasteiger partial charge in [-0.05, 0) is 55.3 Å². The van der Waals surface area contributed by atoms with Crippen molar-refractivity contribution >= 4 is 55.1 Å². The van der Waals surface area contributed by atoms with Gasteiger partial charge in [0.05, 0.1) is 11.9 Å². The molecule has 7 nitrogen and oxygen atoms in total. The van der Waals surface area contributed by atoms with E-state index in [4.69, 9.17) is 11.6 Å². The van der Waals surface area contributed by atoms with E-state index in [1.165, 1.54) is 11.9 Å². The van der Waals surface area contributed by atoms with E-state index in [0.717, 1.165) is 26.2 Å². The molecule has 0 bridgehead atoms. The van der Waals surface area contributed by atoms with Crippen LogP contribution in [0.25, 0.3) is 0 Å². The number of sulfonamides is 1. The van der Waals surface area contributed by atoms with Gasteiger partial charge in [-0.25, -0.2) is 8.42 Å². The molecule has 168 valence electrons. The van der Waals surface area contributed by atoms with Crippen LogP contribution < -0.4 is 9.62 Å². The van der Waals surface area contributed by atoms with Crippen molar-refractivity contribution in [3.05, 3.63) is 63.1 Å². The van der Waals surface area contributed by atoms with Crippen LogP contribution in [0.3, 0.4) is 0 Å². The molecule has 0 saturated heterocycles. The van der Waals surface area contributed by atoms with Crippen LogP contribution in [-0.4, -0.2) is 51.0 Å². The molecule has 0 fully saturated rings. The first-order valence-electron chi connectivity index (χ1n) is 9.43. The third-order valence-electron chi connectivity index (χ3n) is 4.76. The van der Waals surface area contributed by atoms with Gasteiger partial charge >= 0.3 is 0 Å². The van der Waals surface area contributed by atoms with Crippen molar-refractivity contribution in [3.63, 3.8) is 0 Å². The molecule has 2 amide bonds.